The first-order valence-corrected chi connectivity index (χ1v) is 8.74. The molecule has 2 aromatic heterocycles. The van der Waals surface area contributed by atoms with E-state index in [9.17, 15) is 4.79 Å². The molecule has 3 rings (SSSR count). The molecule has 0 aromatic carbocycles. The van der Waals surface area contributed by atoms with Gasteiger partial charge in [0.2, 0.25) is 0 Å². The monoisotopic (exact) mass is 318 g/mol. The summed E-state index contributed by atoms with van der Waals surface area (Å²) in [6.45, 7) is 6.58. The summed E-state index contributed by atoms with van der Waals surface area (Å²) in [5.74, 6) is -0.0804. The minimum Gasteiger partial charge on any atom is -0.342 e. The van der Waals surface area contributed by atoms with Gasteiger partial charge in [0.1, 0.15) is 10.7 Å². The summed E-state index contributed by atoms with van der Waals surface area (Å²) in [5, 5.41) is 8.40. The number of thiazole rings is 1. The van der Waals surface area contributed by atoms with Gasteiger partial charge in [-0.1, -0.05) is 0 Å². The van der Waals surface area contributed by atoms with Crippen LogP contribution in [0.25, 0.3) is 0 Å². The Morgan fingerprint density at radius 3 is 2.95 bits per heavy atom. The molecule has 1 amide bonds. The van der Waals surface area contributed by atoms with Crippen LogP contribution in [0.1, 0.15) is 64.5 Å². The first kappa shape index (κ1) is 15.2. The first-order valence-electron chi connectivity index (χ1n) is 7.92. The molecule has 0 spiro atoms. The number of fused-ring (bicyclic) bond motifs is 1. The van der Waals surface area contributed by atoms with Crippen LogP contribution in [0.4, 0.5) is 0 Å². The van der Waals surface area contributed by atoms with Crippen molar-refractivity contribution >= 4 is 17.2 Å². The Hall–Kier alpha value is -1.69. The van der Waals surface area contributed by atoms with Crippen LogP contribution in [0.15, 0.2) is 6.07 Å². The van der Waals surface area contributed by atoms with Gasteiger partial charge in [0.25, 0.3) is 5.91 Å². The molecule has 2 aromatic rings. The van der Waals surface area contributed by atoms with E-state index in [4.69, 9.17) is 4.98 Å². The van der Waals surface area contributed by atoms with E-state index in [0.29, 0.717) is 12.2 Å². The van der Waals surface area contributed by atoms with Crippen molar-refractivity contribution in [3.05, 3.63) is 33.0 Å². The standard InChI is InChI=1S/C16H22N4OS/c1-4-20-13(9-10(2)19-20)15(21)17-11(3)16-18-12-7-5-6-8-14(12)22-16/h9,11H,4-8H2,1-3H3,(H,17,21)/t11-/m0/s1. The number of nitrogens with one attached hydrogen (secondary N) is 1. The average Bonchev–Trinajstić information content (AvgIpc) is 3.10. The fourth-order valence-electron chi connectivity index (χ4n) is 2.86. The molecule has 118 valence electrons. The second kappa shape index (κ2) is 6.20. The lowest BCUT2D eigenvalue weighted by atomic mass is 10.0. The van der Waals surface area contributed by atoms with Gasteiger partial charge in [-0.2, -0.15) is 5.10 Å². The number of aromatic nitrogens is 3. The molecule has 0 unspecified atom stereocenters. The van der Waals surface area contributed by atoms with Crippen LogP contribution in [0.5, 0.6) is 0 Å². The fourth-order valence-corrected chi connectivity index (χ4v) is 4.01. The number of rotatable bonds is 4. The maximum Gasteiger partial charge on any atom is 0.270 e. The lowest BCUT2D eigenvalue weighted by molar-refractivity contribution is 0.0929. The molecular weight excluding hydrogens is 296 g/mol. The molecule has 0 aliphatic heterocycles. The average molecular weight is 318 g/mol. The normalized spacial score (nSPS) is 15.4. The molecule has 1 N–H and O–H groups in total. The Bertz CT molecular complexity index is 665. The molecule has 22 heavy (non-hydrogen) atoms. The summed E-state index contributed by atoms with van der Waals surface area (Å²) >= 11 is 1.75. The van der Waals surface area contributed by atoms with E-state index in [-0.39, 0.29) is 11.9 Å². The summed E-state index contributed by atoms with van der Waals surface area (Å²) in [7, 11) is 0. The Kier molecular flexibility index (Phi) is 4.29. The maximum absolute atomic E-state index is 12.5. The zero-order valence-electron chi connectivity index (χ0n) is 13.3. The largest absolute Gasteiger partial charge is 0.342 e. The molecule has 5 nitrogen and oxygen atoms in total. The van der Waals surface area contributed by atoms with Gasteiger partial charge in [0, 0.05) is 11.4 Å². The topological polar surface area (TPSA) is 59.8 Å². The second-order valence-electron chi connectivity index (χ2n) is 5.81. The predicted octanol–water partition coefficient (Wildman–Crippen LogP) is 3.04. The molecular formula is C16H22N4OS. The SMILES string of the molecule is CCn1nc(C)cc1C(=O)N[C@@H](C)c1nc2c(s1)CCCC2. The molecule has 1 atom stereocenters. The number of hydrogen-bond donors (Lipinski definition) is 1. The van der Waals surface area contributed by atoms with E-state index in [1.165, 1.54) is 23.4 Å². The molecule has 1 aliphatic carbocycles. The highest BCUT2D eigenvalue weighted by atomic mass is 32.1. The second-order valence-corrected chi connectivity index (χ2v) is 6.93. The van der Waals surface area contributed by atoms with Crippen molar-refractivity contribution < 1.29 is 4.79 Å². The Morgan fingerprint density at radius 2 is 2.23 bits per heavy atom. The van der Waals surface area contributed by atoms with Gasteiger partial charge in [-0.3, -0.25) is 9.48 Å². The van der Waals surface area contributed by atoms with Gasteiger partial charge in [0.15, 0.2) is 0 Å². The number of nitrogens with zero attached hydrogens (tertiary/aromatic N) is 3. The lowest BCUT2D eigenvalue weighted by Gasteiger charge is -2.11. The van der Waals surface area contributed by atoms with Crippen molar-refractivity contribution in [1.29, 1.82) is 0 Å². The molecule has 0 saturated carbocycles. The lowest BCUT2D eigenvalue weighted by Crippen LogP contribution is -2.28. The van der Waals surface area contributed by atoms with Crippen molar-refractivity contribution in [2.24, 2.45) is 0 Å². The van der Waals surface area contributed by atoms with Crippen molar-refractivity contribution in [2.75, 3.05) is 0 Å². The third-order valence-corrected chi connectivity index (χ3v) is 5.35. The van der Waals surface area contributed by atoms with Gasteiger partial charge < -0.3 is 5.32 Å². The van der Waals surface area contributed by atoms with E-state index in [0.717, 1.165) is 23.5 Å². The highest BCUT2D eigenvalue weighted by Crippen LogP contribution is 2.29. The minimum atomic E-state index is -0.0804. The van der Waals surface area contributed by atoms with Crippen LogP contribution in [0.3, 0.4) is 0 Å². The highest BCUT2D eigenvalue weighted by molar-refractivity contribution is 7.11. The van der Waals surface area contributed by atoms with E-state index in [1.54, 1.807) is 16.0 Å². The molecule has 1 aliphatic rings. The van der Waals surface area contributed by atoms with Crippen molar-refractivity contribution in [2.45, 2.75) is 59.0 Å². The summed E-state index contributed by atoms with van der Waals surface area (Å²) in [5.41, 5.74) is 2.72. The molecule has 0 bridgehead atoms. The highest BCUT2D eigenvalue weighted by Gasteiger charge is 2.21. The maximum atomic E-state index is 12.5. The van der Waals surface area contributed by atoms with Gasteiger partial charge in [-0.15, -0.1) is 11.3 Å². The van der Waals surface area contributed by atoms with Gasteiger partial charge in [-0.05, 0) is 52.5 Å². The third kappa shape index (κ3) is 2.92. The van der Waals surface area contributed by atoms with Crippen LogP contribution in [-0.2, 0) is 19.4 Å². The van der Waals surface area contributed by atoms with Gasteiger partial charge in [-0.25, -0.2) is 4.98 Å². The molecule has 0 fully saturated rings. The number of hydrogen-bond acceptors (Lipinski definition) is 4. The summed E-state index contributed by atoms with van der Waals surface area (Å²) in [4.78, 5) is 18.6. The van der Waals surface area contributed by atoms with Crippen LogP contribution in [-0.4, -0.2) is 20.7 Å². The molecule has 0 saturated heterocycles. The van der Waals surface area contributed by atoms with E-state index in [2.05, 4.69) is 10.4 Å². The third-order valence-electron chi connectivity index (χ3n) is 4.01. The van der Waals surface area contributed by atoms with Crippen molar-refractivity contribution in [3.63, 3.8) is 0 Å². The Labute approximate surface area is 134 Å². The van der Waals surface area contributed by atoms with Gasteiger partial charge >= 0.3 is 0 Å². The zero-order chi connectivity index (χ0) is 15.7. The van der Waals surface area contributed by atoms with Crippen molar-refractivity contribution in [3.8, 4) is 0 Å². The van der Waals surface area contributed by atoms with Crippen LogP contribution in [0, 0.1) is 6.92 Å². The van der Waals surface area contributed by atoms with Crippen LogP contribution < -0.4 is 5.32 Å². The minimum absolute atomic E-state index is 0.0661. The van der Waals surface area contributed by atoms with E-state index < -0.39 is 0 Å². The summed E-state index contributed by atoms with van der Waals surface area (Å²) < 4.78 is 1.74. The number of amides is 1. The smallest absolute Gasteiger partial charge is 0.270 e. The molecule has 2 heterocycles. The number of aryl methyl sites for hydroxylation is 4. The first-order chi connectivity index (χ1) is 10.6. The van der Waals surface area contributed by atoms with E-state index in [1.807, 2.05) is 26.8 Å². The quantitative estimate of drug-likeness (QED) is 0.942. The Morgan fingerprint density at radius 1 is 1.45 bits per heavy atom. The zero-order valence-corrected chi connectivity index (χ0v) is 14.2. The predicted molar refractivity (Wildman–Crippen MR) is 87.3 cm³/mol. The molecule has 6 heteroatoms. The van der Waals surface area contributed by atoms with Crippen LogP contribution in [0.2, 0.25) is 0 Å². The summed E-state index contributed by atoms with van der Waals surface area (Å²) in [6.07, 6.45) is 4.69. The van der Waals surface area contributed by atoms with Gasteiger partial charge in [0.05, 0.1) is 17.4 Å². The number of carbonyl (C=O) groups excluding carboxylic acids is 1. The van der Waals surface area contributed by atoms with Crippen LogP contribution >= 0.6 is 11.3 Å². The number of carbonyl (C=O) groups is 1. The Balaban J connectivity index is 1.74. The summed E-state index contributed by atoms with van der Waals surface area (Å²) in [6, 6.07) is 1.77. The fraction of sp³-hybridized carbons (Fsp3) is 0.562. The molecule has 0 radical (unpaired) electrons. The van der Waals surface area contributed by atoms with E-state index >= 15 is 0 Å². The van der Waals surface area contributed by atoms with Crippen molar-refractivity contribution in [1.82, 2.24) is 20.1 Å².